The Hall–Kier alpha value is -1.72. The molecule has 0 aliphatic heterocycles. The molecule has 5 heteroatoms. The highest BCUT2D eigenvalue weighted by molar-refractivity contribution is 7.15. The van der Waals surface area contributed by atoms with Gasteiger partial charge in [-0.05, 0) is 18.9 Å². The van der Waals surface area contributed by atoms with Crippen LogP contribution in [0.15, 0.2) is 36.5 Å². The number of aliphatic hydroxyl groups is 1. The summed E-state index contributed by atoms with van der Waals surface area (Å²) in [7, 11) is 0. The van der Waals surface area contributed by atoms with Crippen molar-refractivity contribution < 1.29 is 9.90 Å². The first-order chi connectivity index (χ1) is 10.0. The molecule has 0 aliphatic rings. The number of rotatable bonds is 6. The summed E-state index contributed by atoms with van der Waals surface area (Å²) in [6.07, 6.45) is 3.81. The Bertz CT molecular complexity index is 593. The molecular formula is C16H20N2O2S. The molecule has 1 heterocycles. The number of carbonyl (C=O) groups excluding carboxylic acids is 1. The van der Waals surface area contributed by atoms with Crippen molar-refractivity contribution in [1.82, 2.24) is 4.98 Å². The van der Waals surface area contributed by atoms with Crippen LogP contribution in [0.1, 0.15) is 37.1 Å². The second kappa shape index (κ2) is 6.83. The zero-order valence-corrected chi connectivity index (χ0v) is 13.1. The lowest BCUT2D eigenvalue weighted by molar-refractivity contribution is -0.120. The van der Waals surface area contributed by atoms with E-state index in [1.807, 2.05) is 30.3 Å². The molecule has 21 heavy (non-hydrogen) atoms. The van der Waals surface area contributed by atoms with Crippen LogP contribution in [-0.2, 0) is 16.8 Å². The fourth-order valence-electron chi connectivity index (χ4n) is 2.10. The maximum atomic E-state index is 12.1. The first-order valence-electron chi connectivity index (χ1n) is 7.03. The molecule has 1 unspecified atom stereocenters. The number of hydrogen-bond donors (Lipinski definition) is 2. The average molecular weight is 304 g/mol. The molecule has 1 atom stereocenters. The minimum atomic E-state index is -1.19. The highest BCUT2D eigenvalue weighted by Gasteiger charge is 2.26. The van der Waals surface area contributed by atoms with Crippen molar-refractivity contribution in [3.05, 3.63) is 47.0 Å². The number of nitrogens with zero attached hydrogens (tertiary/aromatic N) is 1. The van der Waals surface area contributed by atoms with Crippen LogP contribution in [0.3, 0.4) is 0 Å². The van der Waals surface area contributed by atoms with Gasteiger partial charge in [-0.2, -0.15) is 0 Å². The fourth-order valence-corrected chi connectivity index (χ4v) is 3.03. The molecule has 0 spiro atoms. The van der Waals surface area contributed by atoms with E-state index in [0.717, 1.165) is 23.3 Å². The van der Waals surface area contributed by atoms with E-state index in [4.69, 9.17) is 0 Å². The van der Waals surface area contributed by atoms with Gasteiger partial charge in [-0.25, -0.2) is 4.98 Å². The Kier molecular flexibility index (Phi) is 5.09. The topological polar surface area (TPSA) is 62.2 Å². The average Bonchev–Trinajstić information content (AvgIpc) is 2.87. The molecule has 1 aromatic heterocycles. The van der Waals surface area contributed by atoms with Crippen molar-refractivity contribution in [2.24, 2.45) is 0 Å². The molecule has 2 aromatic rings. The van der Waals surface area contributed by atoms with Gasteiger partial charge >= 0.3 is 0 Å². The van der Waals surface area contributed by atoms with Crippen LogP contribution in [-0.4, -0.2) is 16.0 Å². The summed E-state index contributed by atoms with van der Waals surface area (Å²) < 4.78 is 0. The molecule has 1 aromatic carbocycles. The number of aromatic nitrogens is 1. The molecule has 0 radical (unpaired) electrons. The van der Waals surface area contributed by atoms with Gasteiger partial charge in [-0.15, -0.1) is 11.3 Å². The summed E-state index contributed by atoms with van der Waals surface area (Å²) in [6, 6.07) is 9.20. The van der Waals surface area contributed by atoms with Gasteiger partial charge in [0.25, 0.3) is 0 Å². The van der Waals surface area contributed by atoms with Gasteiger partial charge in [0.1, 0.15) is 0 Å². The van der Waals surface area contributed by atoms with Crippen molar-refractivity contribution in [2.45, 2.75) is 38.7 Å². The lowest BCUT2D eigenvalue weighted by Gasteiger charge is -2.22. The maximum Gasteiger partial charge on any atom is 0.229 e. The van der Waals surface area contributed by atoms with Gasteiger partial charge in [-0.3, -0.25) is 4.79 Å². The van der Waals surface area contributed by atoms with Crippen molar-refractivity contribution in [3.63, 3.8) is 0 Å². The van der Waals surface area contributed by atoms with Crippen LogP contribution in [0, 0.1) is 0 Å². The second-order valence-corrected chi connectivity index (χ2v) is 6.36. The third-order valence-corrected chi connectivity index (χ3v) is 4.17. The maximum absolute atomic E-state index is 12.1. The fraction of sp³-hybridized carbons (Fsp3) is 0.375. The van der Waals surface area contributed by atoms with Crippen LogP contribution in [0.25, 0.3) is 0 Å². The van der Waals surface area contributed by atoms with Crippen molar-refractivity contribution in [3.8, 4) is 0 Å². The number of anilines is 1. The molecule has 2 rings (SSSR count). The largest absolute Gasteiger partial charge is 0.385 e. The predicted octanol–water partition coefficient (Wildman–Crippen LogP) is 3.33. The van der Waals surface area contributed by atoms with Crippen LogP contribution >= 0.6 is 11.3 Å². The van der Waals surface area contributed by atoms with Gasteiger partial charge in [0, 0.05) is 11.1 Å². The molecule has 0 fully saturated rings. The quantitative estimate of drug-likeness (QED) is 0.860. The zero-order chi connectivity index (χ0) is 15.3. The number of amides is 1. The van der Waals surface area contributed by atoms with Crippen LogP contribution in [0.4, 0.5) is 5.13 Å². The number of thiazole rings is 1. The highest BCUT2D eigenvalue weighted by Crippen LogP contribution is 2.25. The molecule has 0 saturated heterocycles. The van der Waals surface area contributed by atoms with E-state index in [9.17, 15) is 9.90 Å². The Morgan fingerprint density at radius 1 is 1.38 bits per heavy atom. The first-order valence-corrected chi connectivity index (χ1v) is 7.85. The summed E-state index contributed by atoms with van der Waals surface area (Å²) in [5, 5.41) is 13.8. The molecular weight excluding hydrogens is 284 g/mol. The minimum absolute atomic E-state index is 0.000293. The lowest BCUT2D eigenvalue weighted by atomic mass is 9.92. The first kappa shape index (κ1) is 15.7. The van der Waals surface area contributed by atoms with Gasteiger partial charge in [0.05, 0.1) is 12.0 Å². The summed E-state index contributed by atoms with van der Waals surface area (Å²) in [5.74, 6) is -0.235. The molecule has 0 bridgehead atoms. The third kappa shape index (κ3) is 4.37. The van der Waals surface area contributed by atoms with Crippen LogP contribution < -0.4 is 5.32 Å². The van der Waals surface area contributed by atoms with E-state index in [1.54, 1.807) is 13.1 Å². The molecule has 1 amide bonds. The Balaban J connectivity index is 1.97. The Labute approximate surface area is 128 Å². The number of benzene rings is 1. The number of aryl methyl sites for hydroxylation is 1. The van der Waals surface area contributed by atoms with Gasteiger partial charge < -0.3 is 10.4 Å². The molecule has 0 saturated carbocycles. The lowest BCUT2D eigenvalue weighted by Crippen LogP contribution is -2.28. The summed E-state index contributed by atoms with van der Waals surface area (Å²) >= 11 is 1.48. The van der Waals surface area contributed by atoms with Gasteiger partial charge in [0.15, 0.2) is 5.13 Å². The van der Waals surface area contributed by atoms with Gasteiger partial charge in [0.2, 0.25) is 5.91 Å². The standard InChI is InChI=1S/C16H20N2O2S/c1-3-7-13-11-17-15(21-13)18-14(19)10-16(2,20)12-8-5-4-6-9-12/h4-6,8-9,11,20H,3,7,10H2,1-2H3,(H,17,18,19). The summed E-state index contributed by atoms with van der Waals surface area (Å²) in [4.78, 5) is 17.4. The summed E-state index contributed by atoms with van der Waals surface area (Å²) in [6.45, 7) is 3.75. The SMILES string of the molecule is CCCc1cnc(NC(=O)CC(C)(O)c2ccccc2)s1. The second-order valence-electron chi connectivity index (χ2n) is 5.25. The molecule has 2 N–H and O–H groups in total. The smallest absolute Gasteiger partial charge is 0.229 e. The van der Waals surface area contributed by atoms with E-state index in [0.29, 0.717) is 5.13 Å². The van der Waals surface area contributed by atoms with E-state index in [-0.39, 0.29) is 12.3 Å². The van der Waals surface area contributed by atoms with Crippen molar-refractivity contribution in [1.29, 1.82) is 0 Å². The Morgan fingerprint density at radius 3 is 2.76 bits per heavy atom. The van der Waals surface area contributed by atoms with Crippen LogP contribution in [0.5, 0.6) is 0 Å². The van der Waals surface area contributed by atoms with Crippen LogP contribution in [0.2, 0.25) is 0 Å². The van der Waals surface area contributed by atoms with Crippen molar-refractivity contribution in [2.75, 3.05) is 5.32 Å². The highest BCUT2D eigenvalue weighted by atomic mass is 32.1. The zero-order valence-electron chi connectivity index (χ0n) is 12.3. The van der Waals surface area contributed by atoms with Crippen molar-refractivity contribution >= 4 is 22.4 Å². The summed E-state index contributed by atoms with van der Waals surface area (Å²) in [5.41, 5.74) is -0.458. The van der Waals surface area contributed by atoms with E-state index < -0.39 is 5.60 Å². The minimum Gasteiger partial charge on any atom is -0.385 e. The van der Waals surface area contributed by atoms with E-state index >= 15 is 0 Å². The number of nitrogens with one attached hydrogen (secondary N) is 1. The predicted molar refractivity (Wildman–Crippen MR) is 85.4 cm³/mol. The molecule has 112 valence electrons. The van der Waals surface area contributed by atoms with Gasteiger partial charge in [-0.1, -0.05) is 43.7 Å². The number of hydrogen-bond acceptors (Lipinski definition) is 4. The molecule has 4 nitrogen and oxygen atoms in total. The molecule has 0 aliphatic carbocycles. The van der Waals surface area contributed by atoms with E-state index in [1.165, 1.54) is 11.3 Å². The normalized spacial score (nSPS) is 13.7. The number of carbonyl (C=O) groups is 1. The third-order valence-electron chi connectivity index (χ3n) is 3.20. The Morgan fingerprint density at radius 2 is 2.10 bits per heavy atom. The van der Waals surface area contributed by atoms with E-state index in [2.05, 4.69) is 17.2 Å². The monoisotopic (exact) mass is 304 g/mol.